The van der Waals surface area contributed by atoms with Gasteiger partial charge in [0, 0.05) is 5.92 Å². The lowest BCUT2D eigenvalue weighted by Gasteiger charge is -2.04. The van der Waals surface area contributed by atoms with Crippen molar-refractivity contribution in [1.82, 2.24) is 0 Å². The monoisotopic (exact) mass is 228 g/mol. The first kappa shape index (κ1) is 9.46. The molecular weight excluding hydrogens is 219 g/mol. The Labute approximate surface area is 80.2 Å². The van der Waals surface area contributed by atoms with Gasteiger partial charge in [0.15, 0.2) is 4.74 Å². The lowest BCUT2D eigenvalue weighted by molar-refractivity contribution is 0.693. The summed E-state index contributed by atoms with van der Waals surface area (Å²) in [7, 11) is 0. The van der Waals surface area contributed by atoms with E-state index >= 15 is 0 Å². The highest BCUT2D eigenvalue weighted by Crippen LogP contribution is 2.20. The van der Waals surface area contributed by atoms with Gasteiger partial charge < -0.3 is 0 Å². The second-order valence-electron chi connectivity index (χ2n) is 2.66. The van der Waals surface area contributed by atoms with Crippen molar-refractivity contribution in [1.29, 1.82) is 0 Å². The SMILES string of the molecule is CC(/C=C(/F)Br)c1ccccc1. The molecule has 2 heteroatoms. The Bertz CT molecular complexity index is 262. The summed E-state index contributed by atoms with van der Waals surface area (Å²) in [5.74, 6) is 0.116. The number of halogens is 2. The average Bonchev–Trinajstić information content (AvgIpc) is 2.05. The lowest BCUT2D eigenvalue weighted by atomic mass is 10.0. The molecule has 0 saturated carbocycles. The Morgan fingerprint density at radius 1 is 1.42 bits per heavy atom. The van der Waals surface area contributed by atoms with Crippen LogP contribution in [0.5, 0.6) is 0 Å². The minimum atomic E-state index is -0.307. The van der Waals surface area contributed by atoms with Crippen LogP contribution in [0.3, 0.4) is 0 Å². The van der Waals surface area contributed by atoms with Crippen molar-refractivity contribution in [2.75, 3.05) is 0 Å². The van der Waals surface area contributed by atoms with Gasteiger partial charge in [-0.05, 0) is 27.6 Å². The molecule has 1 aromatic carbocycles. The fraction of sp³-hybridized carbons (Fsp3) is 0.200. The van der Waals surface area contributed by atoms with Crippen LogP contribution in [0.4, 0.5) is 4.39 Å². The molecule has 0 amide bonds. The molecule has 64 valence electrons. The molecule has 0 aromatic heterocycles. The molecule has 0 aliphatic carbocycles. The minimum Gasteiger partial charge on any atom is -0.199 e. The number of allylic oxidation sites excluding steroid dienone is 1. The molecule has 0 heterocycles. The summed E-state index contributed by atoms with van der Waals surface area (Å²) in [6.07, 6.45) is 1.54. The molecule has 0 fully saturated rings. The summed E-state index contributed by atoms with van der Waals surface area (Å²) in [5.41, 5.74) is 1.12. The van der Waals surface area contributed by atoms with Gasteiger partial charge >= 0.3 is 0 Å². The highest BCUT2D eigenvalue weighted by Gasteiger charge is 2.01. The smallest absolute Gasteiger partial charge is 0.162 e. The molecular formula is C10H10BrF. The Hall–Kier alpha value is -0.630. The van der Waals surface area contributed by atoms with Crippen LogP contribution in [0.1, 0.15) is 18.4 Å². The standard InChI is InChI=1S/C10H10BrF/c1-8(7-10(11)12)9-5-3-2-4-6-9/h2-8H,1H3/b10-7+. The normalized spacial score (nSPS) is 14.4. The van der Waals surface area contributed by atoms with E-state index in [1.54, 1.807) is 0 Å². The van der Waals surface area contributed by atoms with Gasteiger partial charge in [-0.3, -0.25) is 0 Å². The van der Waals surface area contributed by atoms with E-state index in [-0.39, 0.29) is 10.7 Å². The Kier molecular flexibility index (Phi) is 3.48. The zero-order valence-electron chi connectivity index (χ0n) is 6.80. The molecule has 0 nitrogen and oxygen atoms in total. The van der Waals surface area contributed by atoms with E-state index in [2.05, 4.69) is 15.9 Å². The Morgan fingerprint density at radius 2 is 2.00 bits per heavy atom. The van der Waals surface area contributed by atoms with E-state index in [0.717, 1.165) is 5.56 Å². The zero-order chi connectivity index (χ0) is 8.97. The third-order valence-electron chi connectivity index (χ3n) is 1.70. The summed E-state index contributed by atoms with van der Waals surface area (Å²) in [4.78, 5) is 0. The summed E-state index contributed by atoms with van der Waals surface area (Å²) in [6.45, 7) is 1.95. The number of hydrogen-bond acceptors (Lipinski definition) is 0. The van der Waals surface area contributed by atoms with E-state index in [4.69, 9.17) is 0 Å². The maximum absolute atomic E-state index is 12.4. The topological polar surface area (TPSA) is 0 Å². The number of rotatable bonds is 2. The fourth-order valence-corrected chi connectivity index (χ4v) is 1.44. The molecule has 12 heavy (non-hydrogen) atoms. The Balaban J connectivity index is 2.79. The molecule has 0 aliphatic heterocycles. The van der Waals surface area contributed by atoms with Gasteiger partial charge in [-0.2, -0.15) is 4.39 Å². The van der Waals surface area contributed by atoms with Crippen molar-refractivity contribution in [2.45, 2.75) is 12.8 Å². The van der Waals surface area contributed by atoms with Gasteiger partial charge in [0.2, 0.25) is 0 Å². The molecule has 1 aromatic rings. The molecule has 0 saturated heterocycles. The van der Waals surface area contributed by atoms with Crippen molar-refractivity contribution >= 4 is 15.9 Å². The fourth-order valence-electron chi connectivity index (χ4n) is 1.04. The van der Waals surface area contributed by atoms with E-state index < -0.39 is 0 Å². The van der Waals surface area contributed by atoms with Gasteiger partial charge in [-0.25, -0.2) is 0 Å². The van der Waals surface area contributed by atoms with Crippen molar-refractivity contribution in [2.24, 2.45) is 0 Å². The molecule has 0 radical (unpaired) electrons. The van der Waals surface area contributed by atoms with E-state index in [9.17, 15) is 4.39 Å². The van der Waals surface area contributed by atoms with Crippen molar-refractivity contribution in [3.8, 4) is 0 Å². The van der Waals surface area contributed by atoms with Gasteiger partial charge in [-0.15, -0.1) is 0 Å². The van der Waals surface area contributed by atoms with E-state index in [1.165, 1.54) is 6.08 Å². The summed E-state index contributed by atoms with van der Waals surface area (Å²) >= 11 is 2.77. The first-order valence-electron chi connectivity index (χ1n) is 3.78. The van der Waals surface area contributed by atoms with Gasteiger partial charge in [0.05, 0.1) is 0 Å². The van der Waals surface area contributed by atoms with E-state index in [0.29, 0.717) is 0 Å². The lowest BCUT2D eigenvalue weighted by Crippen LogP contribution is -1.87. The quantitative estimate of drug-likeness (QED) is 0.719. The first-order chi connectivity index (χ1) is 5.70. The second kappa shape index (κ2) is 4.41. The van der Waals surface area contributed by atoms with Crippen molar-refractivity contribution < 1.29 is 4.39 Å². The third kappa shape index (κ3) is 2.78. The largest absolute Gasteiger partial charge is 0.199 e. The maximum Gasteiger partial charge on any atom is 0.162 e. The number of hydrogen-bond donors (Lipinski definition) is 0. The third-order valence-corrected chi connectivity index (χ3v) is 1.97. The average molecular weight is 229 g/mol. The van der Waals surface area contributed by atoms with Crippen LogP contribution in [0.15, 0.2) is 41.1 Å². The predicted molar refractivity (Wildman–Crippen MR) is 53.0 cm³/mol. The first-order valence-corrected chi connectivity index (χ1v) is 4.57. The van der Waals surface area contributed by atoms with Crippen molar-refractivity contribution in [3.63, 3.8) is 0 Å². The van der Waals surface area contributed by atoms with E-state index in [1.807, 2.05) is 37.3 Å². The predicted octanol–water partition coefficient (Wildman–Crippen LogP) is 4.00. The highest BCUT2D eigenvalue weighted by molar-refractivity contribution is 9.11. The molecule has 1 rings (SSSR count). The molecule has 1 unspecified atom stereocenters. The second-order valence-corrected chi connectivity index (χ2v) is 3.41. The number of benzene rings is 1. The summed E-state index contributed by atoms with van der Waals surface area (Å²) in [6, 6.07) is 9.82. The minimum absolute atomic E-state index is 0.116. The molecule has 0 aliphatic rings. The van der Waals surface area contributed by atoms with Crippen LogP contribution in [-0.2, 0) is 0 Å². The van der Waals surface area contributed by atoms with Crippen LogP contribution >= 0.6 is 15.9 Å². The van der Waals surface area contributed by atoms with Crippen molar-refractivity contribution in [3.05, 3.63) is 46.7 Å². The van der Waals surface area contributed by atoms with Crippen LogP contribution in [-0.4, -0.2) is 0 Å². The maximum atomic E-state index is 12.4. The van der Waals surface area contributed by atoms with Crippen LogP contribution in [0, 0.1) is 0 Å². The summed E-state index contributed by atoms with van der Waals surface area (Å²) in [5, 5.41) is 0. The molecule has 0 N–H and O–H groups in total. The summed E-state index contributed by atoms with van der Waals surface area (Å²) < 4.78 is 12.1. The Morgan fingerprint density at radius 3 is 2.50 bits per heavy atom. The van der Waals surface area contributed by atoms with Crippen LogP contribution < -0.4 is 0 Å². The zero-order valence-corrected chi connectivity index (χ0v) is 8.38. The van der Waals surface area contributed by atoms with Gasteiger partial charge in [-0.1, -0.05) is 37.3 Å². The van der Waals surface area contributed by atoms with Gasteiger partial charge in [0.25, 0.3) is 0 Å². The molecule has 0 bridgehead atoms. The highest BCUT2D eigenvalue weighted by atomic mass is 79.9. The van der Waals surface area contributed by atoms with Gasteiger partial charge in [0.1, 0.15) is 0 Å². The van der Waals surface area contributed by atoms with Crippen LogP contribution in [0.25, 0.3) is 0 Å². The molecule has 0 spiro atoms. The van der Waals surface area contributed by atoms with Crippen LogP contribution in [0.2, 0.25) is 0 Å². The molecule has 1 atom stereocenters.